The zero-order valence-electron chi connectivity index (χ0n) is 9.51. The summed E-state index contributed by atoms with van der Waals surface area (Å²) in [6, 6.07) is 6.33. The van der Waals surface area contributed by atoms with Crippen LogP contribution >= 0.6 is 22.6 Å². The molecule has 0 radical (unpaired) electrons. The van der Waals surface area contributed by atoms with Crippen LogP contribution in [-0.2, 0) is 5.41 Å². The van der Waals surface area contributed by atoms with E-state index in [0.717, 1.165) is 5.75 Å². The summed E-state index contributed by atoms with van der Waals surface area (Å²) in [6.45, 7) is 6.72. The van der Waals surface area contributed by atoms with Gasteiger partial charge in [0.2, 0.25) is 0 Å². The Labute approximate surface area is 105 Å². The van der Waals surface area contributed by atoms with Crippen LogP contribution in [0.2, 0.25) is 0 Å². The summed E-state index contributed by atoms with van der Waals surface area (Å²) in [5.41, 5.74) is 1.50. The summed E-state index contributed by atoms with van der Waals surface area (Å²) < 4.78 is 7.26. The Bertz CT molecular complexity index is 361. The van der Waals surface area contributed by atoms with Crippen molar-refractivity contribution >= 4 is 22.6 Å². The molecule has 1 aromatic rings. The molecule has 2 heteroatoms. The van der Waals surface area contributed by atoms with Crippen molar-refractivity contribution in [3.05, 3.63) is 27.3 Å². The quantitative estimate of drug-likeness (QED) is 0.746. The van der Waals surface area contributed by atoms with E-state index in [1.807, 2.05) is 0 Å². The monoisotopic (exact) mass is 316 g/mol. The van der Waals surface area contributed by atoms with Crippen LogP contribution in [-0.4, -0.2) is 6.10 Å². The molecule has 82 valence electrons. The molecule has 1 saturated carbocycles. The van der Waals surface area contributed by atoms with E-state index in [9.17, 15) is 0 Å². The normalized spacial score (nSPS) is 16.5. The van der Waals surface area contributed by atoms with E-state index in [2.05, 4.69) is 61.6 Å². The second-order valence-corrected chi connectivity index (χ2v) is 6.34. The largest absolute Gasteiger partial charge is 0.490 e. The van der Waals surface area contributed by atoms with Gasteiger partial charge in [0.15, 0.2) is 0 Å². The van der Waals surface area contributed by atoms with Gasteiger partial charge in [-0.05, 0) is 53.0 Å². The number of rotatable bonds is 2. The summed E-state index contributed by atoms with van der Waals surface area (Å²) in [7, 11) is 0. The number of benzene rings is 1. The lowest BCUT2D eigenvalue weighted by Gasteiger charge is -2.24. The SMILES string of the molecule is CC(C)(C)c1c(I)cccc1OC1CC1. The van der Waals surface area contributed by atoms with Gasteiger partial charge in [-0.1, -0.05) is 26.8 Å². The lowest BCUT2D eigenvalue weighted by Crippen LogP contribution is -2.16. The first-order valence-electron chi connectivity index (χ1n) is 5.44. The lowest BCUT2D eigenvalue weighted by atomic mass is 9.86. The topological polar surface area (TPSA) is 9.23 Å². The minimum absolute atomic E-state index is 0.155. The average Bonchev–Trinajstić information content (AvgIpc) is 2.85. The van der Waals surface area contributed by atoms with Crippen molar-refractivity contribution < 1.29 is 4.74 Å². The van der Waals surface area contributed by atoms with E-state index in [1.165, 1.54) is 22.0 Å². The Hall–Kier alpha value is -0.250. The van der Waals surface area contributed by atoms with Crippen LogP contribution in [0, 0.1) is 3.57 Å². The van der Waals surface area contributed by atoms with E-state index in [0.29, 0.717) is 6.10 Å². The maximum absolute atomic E-state index is 5.96. The lowest BCUT2D eigenvalue weighted by molar-refractivity contribution is 0.294. The number of halogens is 1. The highest BCUT2D eigenvalue weighted by molar-refractivity contribution is 14.1. The average molecular weight is 316 g/mol. The summed E-state index contributed by atoms with van der Waals surface area (Å²) >= 11 is 2.40. The number of hydrogen-bond acceptors (Lipinski definition) is 1. The second-order valence-electron chi connectivity index (χ2n) is 5.18. The van der Waals surface area contributed by atoms with Crippen LogP contribution in [0.5, 0.6) is 5.75 Å². The minimum Gasteiger partial charge on any atom is -0.490 e. The van der Waals surface area contributed by atoms with Crippen molar-refractivity contribution in [2.75, 3.05) is 0 Å². The molecule has 1 aliphatic rings. The molecule has 0 spiro atoms. The van der Waals surface area contributed by atoms with Gasteiger partial charge in [0, 0.05) is 9.13 Å². The highest BCUT2D eigenvalue weighted by atomic mass is 127. The summed E-state index contributed by atoms with van der Waals surface area (Å²) in [5.74, 6) is 1.08. The Morgan fingerprint density at radius 3 is 2.47 bits per heavy atom. The molecule has 0 aromatic heterocycles. The van der Waals surface area contributed by atoms with E-state index in [4.69, 9.17) is 4.74 Å². The Balaban J connectivity index is 2.38. The van der Waals surface area contributed by atoms with Crippen LogP contribution in [0.15, 0.2) is 18.2 Å². The zero-order chi connectivity index (χ0) is 11.1. The predicted molar refractivity (Wildman–Crippen MR) is 71.5 cm³/mol. The first-order valence-corrected chi connectivity index (χ1v) is 6.52. The van der Waals surface area contributed by atoms with Crippen molar-refractivity contribution in [2.45, 2.75) is 45.1 Å². The van der Waals surface area contributed by atoms with Crippen molar-refractivity contribution in [1.82, 2.24) is 0 Å². The number of hydrogen-bond donors (Lipinski definition) is 0. The van der Waals surface area contributed by atoms with Gasteiger partial charge in [-0.3, -0.25) is 0 Å². The molecule has 0 atom stereocenters. The van der Waals surface area contributed by atoms with Crippen molar-refractivity contribution in [1.29, 1.82) is 0 Å². The van der Waals surface area contributed by atoms with Crippen molar-refractivity contribution in [3.8, 4) is 5.75 Å². The van der Waals surface area contributed by atoms with Crippen LogP contribution in [0.1, 0.15) is 39.2 Å². The van der Waals surface area contributed by atoms with Crippen molar-refractivity contribution in [2.24, 2.45) is 0 Å². The van der Waals surface area contributed by atoms with E-state index >= 15 is 0 Å². The zero-order valence-corrected chi connectivity index (χ0v) is 11.7. The molecule has 1 fully saturated rings. The molecule has 0 unspecified atom stereocenters. The van der Waals surface area contributed by atoms with Gasteiger partial charge in [0.25, 0.3) is 0 Å². The molecular weight excluding hydrogens is 299 g/mol. The second kappa shape index (κ2) is 3.96. The molecule has 0 N–H and O–H groups in total. The molecular formula is C13H17IO. The van der Waals surface area contributed by atoms with Crippen LogP contribution in [0.4, 0.5) is 0 Å². The predicted octanol–water partition coefficient (Wildman–Crippen LogP) is 4.13. The Kier molecular flexibility index (Phi) is 2.97. The highest BCUT2D eigenvalue weighted by Gasteiger charge is 2.28. The molecule has 0 aliphatic heterocycles. The van der Waals surface area contributed by atoms with Gasteiger partial charge in [0.05, 0.1) is 6.10 Å². The van der Waals surface area contributed by atoms with Gasteiger partial charge < -0.3 is 4.74 Å². The van der Waals surface area contributed by atoms with Gasteiger partial charge in [0.1, 0.15) is 5.75 Å². The molecule has 0 saturated heterocycles. The maximum atomic E-state index is 5.96. The molecule has 1 nitrogen and oxygen atoms in total. The van der Waals surface area contributed by atoms with Gasteiger partial charge >= 0.3 is 0 Å². The van der Waals surface area contributed by atoms with Gasteiger partial charge in [-0.15, -0.1) is 0 Å². The van der Waals surface area contributed by atoms with Crippen molar-refractivity contribution in [3.63, 3.8) is 0 Å². The fourth-order valence-electron chi connectivity index (χ4n) is 1.70. The van der Waals surface area contributed by atoms with E-state index in [1.54, 1.807) is 0 Å². The summed E-state index contributed by atoms with van der Waals surface area (Å²) in [6.07, 6.45) is 2.91. The smallest absolute Gasteiger partial charge is 0.124 e. The molecule has 1 aromatic carbocycles. The molecule has 0 heterocycles. The standard InChI is InChI=1S/C13H17IO/c1-13(2,3)12-10(14)5-4-6-11(12)15-9-7-8-9/h4-6,9H,7-8H2,1-3H3. The molecule has 2 rings (SSSR count). The third-order valence-electron chi connectivity index (χ3n) is 2.54. The Morgan fingerprint density at radius 2 is 1.93 bits per heavy atom. The first kappa shape index (κ1) is 11.2. The van der Waals surface area contributed by atoms with Crippen LogP contribution in [0.3, 0.4) is 0 Å². The molecule has 0 bridgehead atoms. The molecule has 15 heavy (non-hydrogen) atoms. The third-order valence-corrected chi connectivity index (χ3v) is 3.44. The van der Waals surface area contributed by atoms with Gasteiger partial charge in [-0.25, -0.2) is 0 Å². The molecule has 0 amide bonds. The van der Waals surface area contributed by atoms with Crippen LogP contribution < -0.4 is 4.74 Å². The van der Waals surface area contributed by atoms with E-state index in [-0.39, 0.29) is 5.41 Å². The summed E-state index contributed by atoms with van der Waals surface area (Å²) in [5, 5.41) is 0. The highest BCUT2D eigenvalue weighted by Crippen LogP contribution is 2.37. The fourth-order valence-corrected chi connectivity index (χ4v) is 2.98. The maximum Gasteiger partial charge on any atom is 0.124 e. The van der Waals surface area contributed by atoms with Gasteiger partial charge in [-0.2, -0.15) is 0 Å². The molecule has 1 aliphatic carbocycles. The van der Waals surface area contributed by atoms with Crippen LogP contribution in [0.25, 0.3) is 0 Å². The first-order chi connectivity index (χ1) is 6.98. The van der Waals surface area contributed by atoms with E-state index < -0.39 is 0 Å². The minimum atomic E-state index is 0.155. The Morgan fingerprint density at radius 1 is 1.27 bits per heavy atom. The number of ether oxygens (including phenoxy) is 1. The summed E-state index contributed by atoms with van der Waals surface area (Å²) in [4.78, 5) is 0. The fraction of sp³-hybridized carbons (Fsp3) is 0.538. The third kappa shape index (κ3) is 2.65.